The van der Waals surface area contributed by atoms with Crippen molar-refractivity contribution in [2.45, 2.75) is 13.3 Å². The van der Waals surface area contributed by atoms with E-state index >= 15 is 0 Å². The number of anilines is 2. The molecule has 5 nitrogen and oxygen atoms in total. The Labute approximate surface area is 148 Å². The largest absolute Gasteiger partial charge is 0.326 e. The first kappa shape index (κ1) is 17.7. The summed E-state index contributed by atoms with van der Waals surface area (Å²) >= 11 is 0. The minimum atomic E-state index is -1.06. The van der Waals surface area contributed by atoms with Crippen LogP contribution in [0.5, 0.6) is 0 Å². The Kier molecular flexibility index (Phi) is 4.79. The van der Waals surface area contributed by atoms with Gasteiger partial charge < -0.3 is 10.2 Å². The number of amides is 2. The molecule has 1 unspecified atom stereocenters. The summed E-state index contributed by atoms with van der Waals surface area (Å²) in [6.45, 7) is 1.63. The Balaban J connectivity index is 1.69. The number of carbonyl (C=O) groups excluding carboxylic acids is 3. The molecule has 1 fully saturated rings. The Morgan fingerprint density at radius 1 is 1.08 bits per heavy atom. The zero-order valence-corrected chi connectivity index (χ0v) is 14.0. The molecular weight excluding hydrogens is 342 g/mol. The lowest BCUT2D eigenvalue weighted by Gasteiger charge is -2.17. The van der Waals surface area contributed by atoms with Crippen LogP contribution in [0.4, 0.5) is 20.2 Å². The standard InChI is InChI=1S/C19H16F2N2O3/c1-11(24)12-2-5-15(6-3-12)23-10-13(8-18(23)25)19(26)22-14-4-7-16(20)17(21)9-14/h2-7,9,13H,8,10H2,1H3,(H,22,26). The van der Waals surface area contributed by atoms with Crippen LogP contribution in [-0.4, -0.2) is 24.1 Å². The Hall–Kier alpha value is -3.09. The molecule has 0 radical (unpaired) electrons. The van der Waals surface area contributed by atoms with Gasteiger partial charge in [-0.3, -0.25) is 14.4 Å². The van der Waals surface area contributed by atoms with Crippen molar-refractivity contribution in [1.29, 1.82) is 0 Å². The van der Waals surface area contributed by atoms with Crippen molar-refractivity contribution in [3.8, 4) is 0 Å². The van der Waals surface area contributed by atoms with Crippen LogP contribution < -0.4 is 10.2 Å². The van der Waals surface area contributed by atoms with Crippen LogP contribution >= 0.6 is 0 Å². The highest BCUT2D eigenvalue weighted by Gasteiger charge is 2.35. The molecular formula is C19H16F2N2O3. The van der Waals surface area contributed by atoms with E-state index in [1.165, 1.54) is 17.9 Å². The van der Waals surface area contributed by atoms with Gasteiger partial charge in [0.15, 0.2) is 17.4 Å². The summed E-state index contributed by atoms with van der Waals surface area (Å²) in [5.74, 6) is -3.40. The van der Waals surface area contributed by atoms with Gasteiger partial charge >= 0.3 is 0 Å². The van der Waals surface area contributed by atoms with E-state index in [1.807, 2.05) is 0 Å². The summed E-state index contributed by atoms with van der Waals surface area (Å²) in [4.78, 5) is 37.3. The second-order valence-electron chi connectivity index (χ2n) is 6.13. The first-order chi connectivity index (χ1) is 12.3. The van der Waals surface area contributed by atoms with Crippen LogP contribution in [0.25, 0.3) is 0 Å². The van der Waals surface area contributed by atoms with Crippen LogP contribution in [0.15, 0.2) is 42.5 Å². The summed E-state index contributed by atoms with van der Waals surface area (Å²) in [5, 5.41) is 2.50. The number of carbonyl (C=O) groups is 3. The van der Waals surface area contributed by atoms with Gasteiger partial charge in [0, 0.05) is 36.0 Å². The van der Waals surface area contributed by atoms with Crippen LogP contribution in [0.2, 0.25) is 0 Å². The third-order valence-electron chi connectivity index (χ3n) is 4.27. The van der Waals surface area contributed by atoms with Gasteiger partial charge in [-0.25, -0.2) is 8.78 Å². The monoisotopic (exact) mass is 358 g/mol. The second kappa shape index (κ2) is 7.03. The van der Waals surface area contributed by atoms with Gasteiger partial charge in [-0.1, -0.05) is 0 Å². The summed E-state index contributed by atoms with van der Waals surface area (Å²) in [7, 11) is 0. The van der Waals surface area contributed by atoms with Gasteiger partial charge in [0.25, 0.3) is 0 Å². The third kappa shape index (κ3) is 3.61. The lowest BCUT2D eigenvalue weighted by atomic mass is 10.1. The van der Waals surface area contributed by atoms with Gasteiger partial charge in [-0.15, -0.1) is 0 Å². The van der Waals surface area contributed by atoms with E-state index in [4.69, 9.17) is 0 Å². The van der Waals surface area contributed by atoms with Gasteiger partial charge in [0.05, 0.1) is 5.92 Å². The molecule has 0 spiro atoms. The van der Waals surface area contributed by atoms with Crippen molar-refractivity contribution in [2.24, 2.45) is 5.92 Å². The van der Waals surface area contributed by atoms with E-state index in [9.17, 15) is 23.2 Å². The molecule has 2 amide bonds. The van der Waals surface area contributed by atoms with Crippen molar-refractivity contribution in [1.82, 2.24) is 0 Å². The Bertz CT molecular complexity index is 881. The lowest BCUT2D eigenvalue weighted by molar-refractivity contribution is -0.122. The number of rotatable bonds is 4. The summed E-state index contributed by atoms with van der Waals surface area (Å²) in [6, 6.07) is 9.63. The van der Waals surface area contributed by atoms with Crippen molar-refractivity contribution in [2.75, 3.05) is 16.8 Å². The number of ketones is 1. The fourth-order valence-corrected chi connectivity index (χ4v) is 2.83. The predicted molar refractivity (Wildman–Crippen MR) is 91.9 cm³/mol. The van der Waals surface area contributed by atoms with Crippen LogP contribution in [0, 0.1) is 17.6 Å². The van der Waals surface area contributed by atoms with E-state index in [1.54, 1.807) is 24.3 Å². The maximum Gasteiger partial charge on any atom is 0.229 e. The predicted octanol–water partition coefficient (Wildman–Crippen LogP) is 3.16. The molecule has 2 aromatic carbocycles. The van der Waals surface area contributed by atoms with Gasteiger partial charge in [-0.05, 0) is 43.3 Å². The maximum absolute atomic E-state index is 13.2. The number of nitrogens with zero attached hydrogens (tertiary/aromatic N) is 1. The lowest BCUT2D eigenvalue weighted by Crippen LogP contribution is -2.28. The van der Waals surface area contributed by atoms with Crippen LogP contribution in [0.1, 0.15) is 23.7 Å². The van der Waals surface area contributed by atoms with Gasteiger partial charge in [0.2, 0.25) is 11.8 Å². The van der Waals surface area contributed by atoms with E-state index in [0.29, 0.717) is 11.3 Å². The average molecular weight is 358 g/mol. The molecule has 1 saturated heterocycles. The second-order valence-corrected chi connectivity index (χ2v) is 6.13. The molecule has 1 aliphatic rings. The van der Waals surface area contributed by atoms with E-state index < -0.39 is 23.5 Å². The molecule has 2 aromatic rings. The third-order valence-corrected chi connectivity index (χ3v) is 4.27. The van der Waals surface area contributed by atoms with Crippen LogP contribution in [0.3, 0.4) is 0 Å². The highest BCUT2D eigenvalue weighted by Crippen LogP contribution is 2.26. The summed E-state index contributed by atoms with van der Waals surface area (Å²) in [6.07, 6.45) is 0.0178. The van der Waals surface area contributed by atoms with E-state index in [-0.39, 0.29) is 30.3 Å². The highest BCUT2D eigenvalue weighted by molar-refractivity contribution is 6.03. The first-order valence-corrected chi connectivity index (χ1v) is 8.02. The van der Waals surface area contributed by atoms with E-state index in [2.05, 4.69) is 5.32 Å². The molecule has 3 rings (SSSR count). The topological polar surface area (TPSA) is 66.5 Å². The highest BCUT2D eigenvalue weighted by atomic mass is 19.2. The summed E-state index contributed by atoms with van der Waals surface area (Å²) in [5.41, 5.74) is 1.27. The molecule has 1 atom stereocenters. The Morgan fingerprint density at radius 2 is 1.77 bits per heavy atom. The fraction of sp³-hybridized carbons (Fsp3) is 0.211. The first-order valence-electron chi connectivity index (χ1n) is 8.02. The van der Waals surface area contributed by atoms with Crippen molar-refractivity contribution < 1.29 is 23.2 Å². The number of hydrogen-bond donors (Lipinski definition) is 1. The molecule has 134 valence electrons. The number of hydrogen-bond acceptors (Lipinski definition) is 3. The molecule has 1 heterocycles. The minimum Gasteiger partial charge on any atom is -0.326 e. The summed E-state index contributed by atoms with van der Waals surface area (Å²) < 4.78 is 26.2. The van der Waals surface area contributed by atoms with E-state index in [0.717, 1.165) is 12.1 Å². The number of nitrogens with one attached hydrogen (secondary N) is 1. The zero-order valence-electron chi connectivity index (χ0n) is 14.0. The molecule has 0 saturated carbocycles. The smallest absolute Gasteiger partial charge is 0.229 e. The van der Waals surface area contributed by atoms with Gasteiger partial charge in [0.1, 0.15) is 0 Å². The minimum absolute atomic E-state index is 0.0178. The van der Waals surface area contributed by atoms with Crippen molar-refractivity contribution in [3.63, 3.8) is 0 Å². The average Bonchev–Trinajstić information content (AvgIpc) is 3.00. The Morgan fingerprint density at radius 3 is 2.38 bits per heavy atom. The quantitative estimate of drug-likeness (QED) is 0.854. The molecule has 0 bridgehead atoms. The van der Waals surface area contributed by atoms with Crippen molar-refractivity contribution in [3.05, 3.63) is 59.7 Å². The fourth-order valence-electron chi connectivity index (χ4n) is 2.83. The van der Waals surface area contributed by atoms with Crippen molar-refractivity contribution >= 4 is 29.0 Å². The number of Topliss-reactive ketones (excluding diaryl/α,β-unsaturated/α-hetero) is 1. The maximum atomic E-state index is 13.2. The molecule has 7 heteroatoms. The number of halogens is 2. The molecule has 0 aliphatic carbocycles. The molecule has 1 aliphatic heterocycles. The zero-order chi connectivity index (χ0) is 18.8. The number of benzene rings is 2. The SMILES string of the molecule is CC(=O)c1ccc(N2CC(C(=O)Nc3ccc(F)c(F)c3)CC2=O)cc1. The molecule has 1 N–H and O–H groups in total. The normalized spacial score (nSPS) is 16.7. The molecule has 0 aromatic heterocycles. The van der Waals surface area contributed by atoms with Crippen LogP contribution in [-0.2, 0) is 9.59 Å². The molecule has 26 heavy (non-hydrogen) atoms. The van der Waals surface area contributed by atoms with Gasteiger partial charge in [-0.2, -0.15) is 0 Å².